The summed E-state index contributed by atoms with van der Waals surface area (Å²) in [6, 6.07) is 7.63. The van der Waals surface area contributed by atoms with E-state index in [-0.39, 0.29) is 11.9 Å². The Morgan fingerprint density at radius 2 is 1.96 bits per heavy atom. The van der Waals surface area contributed by atoms with Crippen molar-refractivity contribution in [2.24, 2.45) is 5.92 Å². The lowest BCUT2D eigenvalue weighted by molar-refractivity contribution is 0.0935. The minimum absolute atomic E-state index is 0.0930. The summed E-state index contributed by atoms with van der Waals surface area (Å²) in [5.41, 5.74) is 1.53. The van der Waals surface area contributed by atoms with Gasteiger partial charge in [0.1, 0.15) is 17.3 Å². The number of fused-ring (bicyclic) bond motifs is 1. The molecule has 3 rings (SSSR count). The van der Waals surface area contributed by atoms with E-state index in [9.17, 15) is 4.79 Å². The monoisotopic (exact) mass is 356 g/mol. The number of amides is 1. The molecular weight excluding hydrogens is 328 g/mol. The number of nitrogens with zero attached hydrogens (tertiary/aromatic N) is 3. The highest BCUT2D eigenvalue weighted by Gasteiger charge is 2.22. The van der Waals surface area contributed by atoms with Crippen LogP contribution >= 0.6 is 0 Å². The van der Waals surface area contributed by atoms with Crippen LogP contribution in [0.25, 0.3) is 0 Å². The molecule has 1 amide bonds. The summed E-state index contributed by atoms with van der Waals surface area (Å²) >= 11 is 0. The van der Waals surface area contributed by atoms with E-state index < -0.39 is 0 Å². The molecule has 1 aliphatic rings. The number of rotatable bonds is 6. The Morgan fingerprint density at radius 1 is 1.23 bits per heavy atom. The molecular formula is C20H28N4O2. The average Bonchev–Trinajstić information content (AvgIpc) is 3.04. The second kappa shape index (κ2) is 7.91. The fraction of sp³-hybridized carbons (Fsp3) is 0.500. The van der Waals surface area contributed by atoms with Gasteiger partial charge >= 0.3 is 0 Å². The second-order valence-electron chi connectivity index (χ2n) is 7.33. The molecule has 2 aromatic rings. The SMILES string of the molecule is COc1ccc([C@@H](C)NC(=O)c2cn3c(n2)CN(CC(C)C)CC3)cc1. The Balaban J connectivity index is 1.64. The van der Waals surface area contributed by atoms with E-state index in [1.165, 1.54) is 0 Å². The zero-order valence-electron chi connectivity index (χ0n) is 16.0. The summed E-state index contributed by atoms with van der Waals surface area (Å²) in [6.07, 6.45) is 1.87. The van der Waals surface area contributed by atoms with Crippen molar-refractivity contribution in [1.29, 1.82) is 0 Å². The average molecular weight is 356 g/mol. The molecule has 0 aliphatic carbocycles. The molecule has 1 aromatic heterocycles. The van der Waals surface area contributed by atoms with Crippen LogP contribution in [0, 0.1) is 5.92 Å². The number of carbonyl (C=O) groups excluding carboxylic acids is 1. The quantitative estimate of drug-likeness (QED) is 0.865. The van der Waals surface area contributed by atoms with Gasteiger partial charge in [-0.2, -0.15) is 0 Å². The van der Waals surface area contributed by atoms with E-state index in [1.54, 1.807) is 7.11 Å². The Morgan fingerprint density at radius 3 is 2.62 bits per heavy atom. The number of ether oxygens (including phenoxy) is 1. The molecule has 0 fully saturated rings. The first kappa shape index (κ1) is 18.5. The van der Waals surface area contributed by atoms with Gasteiger partial charge in [-0.05, 0) is 30.5 Å². The molecule has 1 atom stereocenters. The van der Waals surface area contributed by atoms with Crippen molar-refractivity contribution in [3.63, 3.8) is 0 Å². The van der Waals surface area contributed by atoms with Gasteiger partial charge in [-0.1, -0.05) is 26.0 Å². The molecule has 1 aromatic carbocycles. The highest BCUT2D eigenvalue weighted by molar-refractivity contribution is 5.92. The molecule has 0 radical (unpaired) electrons. The maximum Gasteiger partial charge on any atom is 0.271 e. The number of carbonyl (C=O) groups is 1. The van der Waals surface area contributed by atoms with Gasteiger partial charge in [-0.15, -0.1) is 0 Å². The van der Waals surface area contributed by atoms with Crippen LogP contribution < -0.4 is 10.1 Å². The van der Waals surface area contributed by atoms with Crippen molar-refractivity contribution in [1.82, 2.24) is 19.8 Å². The molecule has 0 spiro atoms. The fourth-order valence-corrected chi connectivity index (χ4v) is 3.33. The van der Waals surface area contributed by atoms with Crippen LogP contribution in [0.15, 0.2) is 30.5 Å². The molecule has 0 unspecified atom stereocenters. The Labute approximate surface area is 155 Å². The highest BCUT2D eigenvalue weighted by Crippen LogP contribution is 2.18. The smallest absolute Gasteiger partial charge is 0.271 e. The zero-order valence-corrected chi connectivity index (χ0v) is 16.0. The van der Waals surface area contributed by atoms with Crippen LogP contribution in [0.3, 0.4) is 0 Å². The second-order valence-corrected chi connectivity index (χ2v) is 7.33. The van der Waals surface area contributed by atoms with Gasteiger partial charge in [-0.3, -0.25) is 9.69 Å². The van der Waals surface area contributed by atoms with E-state index in [0.717, 1.165) is 43.3 Å². The van der Waals surface area contributed by atoms with Crippen LogP contribution in [0.5, 0.6) is 5.75 Å². The maximum atomic E-state index is 12.6. The van der Waals surface area contributed by atoms with Crippen LogP contribution in [0.1, 0.15) is 48.7 Å². The summed E-state index contributed by atoms with van der Waals surface area (Å²) in [4.78, 5) is 19.6. The predicted octanol–water partition coefficient (Wildman–Crippen LogP) is 2.85. The molecule has 140 valence electrons. The van der Waals surface area contributed by atoms with Crippen LogP contribution in [-0.4, -0.2) is 40.6 Å². The fourth-order valence-electron chi connectivity index (χ4n) is 3.33. The van der Waals surface area contributed by atoms with E-state index >= 15 is 0 Å². The van der Waals surface area contributed by atoms with Crippen LogP contribution in [-0.2, 0) is 13.1 Å². The van der Waals surface area contributed by atoms with Gasteiger partial charge in [0.15, 0.2) is 0 Å². The van der Waals surface area contributed by atoms with Gasteiger partial charge in [0.05, 0.1) is 19.7 Å². The summed E-state index contributed by atoms with van der Waals surface area (Å²) in [6.45, 7) is 10.2. The molecule has 6 heteroatoms. The Kier molecular flexibility index (Phi) is 5.61. The Hall–Kier alpha value is -2.34. The topological polar surface area (TPSA) is 59.4 Å². The number of imidazole rings is 1. The first-order valence-electron chi connectivity index (χ1n) is 9.19. The van der Waals surface area contributed by atoms with E-state index in [1.807, 2.05) is 37.4 Å². The third-order valence-electron chi connectivity index (χ3n) is 4.70. The van der Waals surface area contributed by atoms with Crippen molar-refractivity contribution in [3.8, 4) is 5.75 Å². The molecule has 1 aliphatic heterocycles. The minimum atomic E-state index is -0.134. The van der Waals surface area contributed by atoms with E-state index in [4.69, 9.17) is 4.74 Å². The summed E-state index contributed by atoms with van der Waals surface area (Å²) in [5.74, 6) is 2.27. The summed E-state index contributed by atoms with van der Waals surface area (Å²) in [7, 11) is 1.64. The van der Waals surface area contributed by atoms with Crippen molar-refractivity contribution in [2.45, 2.75) is 39.9 Å². The number of nitrogens with one attached hydrogen (secondary N) is 1. The lowest BCUT2D eigenvalue weighted by atomic mass is 10.1. The third-order valence-corrected chi connectivity index (χ3v) is 4.70. The largest absolute Gasteiger partial charge is 0.497 e. The standard InChI is InChI=1S/C20H28N4O2/c1-14(2)11-23-9-10-24-12-18(22-19(24)13-23)20(25)21-15(3)16-5-7-17(26-4)8-6-16/h5-8,12,14-15H,9-11,13H2,1-4H3,(H,21,25)/t15-/m1/s1. The lowest BCUT2D eigenvalue weighted by Crippen LogP contribution is -2.35. The third kappa shape index (κ3) is 4.25. The number of methoxy groups -OCH3 is 1. The van der Waals surface area contributed by atoms with Crippen molar-refractivity contribution in [3.05, 3.63) is 47.5 Å². The number of aromatic nitrogens is 2. The van der Waals surface area contributed by atoms with E-state index in [0.29, 0.717) is 11.6 Å². The van der Waals surface area contributed by atoms with Gasteiger partial charge in [0.2, 0.25) is 0 Å². The molecule has 1 N–H and O–H groups in total. The van der Waals surface area contributed by atoms with Crippen molar-refractivity contribution in [2.75, 3.05) is 20.2 Å². The lowest BCUT2D eigenvalue weighted by Gasteiger charge is -2.28. The summed E-state index contributed by atoms with van der Waals surface area (Å²) in [5, 5.41) is 3.03. The van der Waals surface area contributed by atoms with Crippen LogP contribution in [0.2, 0.25) is 0 Å². The molecule has 2 heterocycles. The predicted molar refractivity (Wildman–Crippen MR) is 101 cm³/mol. The van der Waals surface area contributed by atoms with Crippen molar-refractivity contribution < 1.29 is 9.53 Å². The Bertz CT molecular complexity index is 752. The number of hydrogen-bond acceptors (Lipinski definition) is 4. The highest BCUT2D eigenvalue weighted by atomic mass is 16.5. The zero-order chi connectivity index (χ0) is 18.7. The van der Waals surface area contributed by atoms with Gasteiger partial charge in [-0.25, -0.2) is 4.98 Å². The first-order valence-corrected chi connectivity index (χ1v) is 9.19. The van der Waals surface area contributed by atoms with E-state index in [2.05, 4.69) is 33.6 Å². The van der Waals surface area contributed by atoms with Crippen molar-refractivity contribution >= 4 is 5.91 Å². The first-order chi connectivity index (χ1) is 12.5. The maximum absolute atomic E-state index is 12.6. The van der Waals surface area contributed by atoms with Gasteiger partial charge in [0, 0.05) is 25.8 Å². The molecule has 0 saturated carbocycles. The molecule has 26 heavy (non-hydrogen) atoms. The molecule has 0 saturated heterocycles. The normalized spacial score (nSPS) is 15.6. The number of benzene rings is 1. The number of hydrogen-bond donors (Lipinski definition) is 1. The minimum Gasteiger partial charge on any atom is -0.497 e. The molecule has 6 nitrogen and oxygen atoms in total. The van der Waals surface area contributed by atoms with Gasteiger partial charge < -0.3 is 14.6 Å². The summed E-state index contributed by atoms with van der Waals surface area (Å²) < 4.78 is 7.28. The molecule has 0 bridgehead atoms. The van der Waals surface area contributed by atoms with Crippen LogP contribution in [0.4, 0.5) is 0 Å². The van der Waals surface area contributed by atoms with Gasteiger partial charge in [0.25, 0.3) is 5.91 Å².